The van der Waals surface area contributed by atoms with Crippen molar-refractivity contribution in [2.75, 3.05) is 0 Å². The van der Waals surface area contributed by atoms with Crippen LogP contribution in [0.15, 0.2) is 42.5 Å². The molecule has 0 aromatic heterocycles. The van der Waals surface area contributed by atoms with E-state index in [1.807, 2.05) is 12.1 Å². The third-order valence-corrected chi connectivity index (χ3v) is 3.56. The average Bonchev–Trinajstić information content (AvgIpc) is 2.40. The predicted molar refractivity (Wildman–Crippen MR) is 69.3 cm³/mol. The Balaban J connectivity index is 2.20. The molecular formula is C15H18O3. The Morgan fingerprint density at radius 2 is 1.94 bits per heavy atom. The first-order chi connectivity index (χ1) is 8.70. The summed E-state index contributed by atoms with van der Waals surface area (Å²) in [5.41, 5.74) is 0.673. The number of benzene rings is 1. The third kappa shape index (κ3) is 2.79. The van der Waals surface area contributed by atoms with Crippen LogP contribution in [0.1, 0.15) is 30.7 Å². The van der Waals surface area contributed by atoms with Gasteiger partial charge in [0.05, 0.1) is 6.10 Å². The summed E-state index contributed by atoms with van der Waals surface area (Å²) in [4.78, 5) is 11.4. The SMILES string of the molecule is O=C(O)[C@@H](c1ccccc1)[C@H](O)[C@H]1CC=CCC1. The van der Waals surface area contributed by atoms with Crippen LogP contribution >= 0.6 is 0 Å². The lowest BCUT2D eigenvalue weighted by Crippen LogP contribution is -2.33. The van der Waals surface area contributed by atoms with E-state index in [1.54, 1.807) is 24.3 Å². The highest BCUT2D eigenvalue weighted by Gasteiger charge is 2.33. The minimum absolute atomic E-state index is 0.0382. The fraction of sp³-hybridized carbons (Fsp3) is 0.400. The van der Waals surface area contributed by atoms with Crippen LogP contribution < -0.4 is 0 Å². The number of allylic oxidation sites excluding steroid dienone is 2. The van der Waals surface area contributed by atoms with Gasteiger partial charge in [-0.2, -0.15) is 0 Å². The van der Waals surface area contributed by atoms with Crippen LogP contribution in [0, 0.1) is 5.92 Å². The summed E-state index contributed by atoms with van der Waals surface area (Å²) in [6, 6.07) is 8.98. The fourth-order valence-electron chi connectivity index (χ4n) is 2.55. The first-order valence-electron chi connectivity index (χ1n) is 6.31. The molecule has 0 aliphatic heterocycles. The molecule has 0 heterocycles. The molecule has 1 aliphatic carbocycles. The second-order valence-corrected chi connectivity index (χ2v) is 4.76. The van der Waals surface area contributed by atoms with Gasteiger partial charge in [-0.25, -0.2) is 0 Å². The molecule has 3 heteroatoms. The molecular weight excluding hydrogens is 228 g/mol. The molecule has 3 nitrogen and oxygen atoms in total. The highest BCUT2D eigenvalue weighted by atomic mass is 16.4. The van der Waals surface area contributed by atoms with Crippen LogP contribution in [-0.2, 0) is 4.79 Å². The minimum Gasteiger partial charge on any atom is -0.481 e. The molecule has 0 bridgehead atoms. The van der Waals surface area contributed by atoms with Gasteiger partial charge in [0.25, 0.3) is 0 Å². The highest BCUT2D eigenvalue weighted by molar-refractivity contribution is 5.77. The largest absolute Gasteiger partial charge is 0.481 e. The molecule has 0 fully saturated rings. The molecule has 0 saturated carbocycles. The van der Waals surface area contributed by atoms with Gasteiger partial charge in [0.2, 0.25) is 0 Å². The second kappa shape index (κ2) is 5.83. The average molecular weight is 246 g/mol. The number of aliphatic hydroxyl groups is 1. The summed E-state index contributed by atoms with van der Waals surface area (Å²) in [7, 11) is 0. The molecule has 0 unspecified atom stereocenters. The number of carboxylic acids is 1. The van der Waals surface area contributed by atoms with Crippen LogP contribution in [0.4, 0.5) is 0 Å². The van der Waals surface area contributed by atoms with Crippen LogP contribution in [0.5, 0.6) is 0 Å². The first-order valence-corrected chi connectivity index (χ1v) is 6.31. The van der Waals surface area contributed by atoms with E-state index in [0.717, 1.165) is 19.3 Å². The molecule has 1 aromatic rings. The fourth-order valence-corrected chi connectivity index (χ4v) is 2.55. The van der Waals surface area contributed by atoms with Gasteiger partial charge in [0.15, 0.2) is 0 Å². The molecule has 2 N–H and O–H groups in total. The Morgan fingerprint density at radius 3 is 2.50 bits per heavy atom. The maximum atomic E-state index is 11.4. The van der Waals surface area contributed by atoms with E-state index in [9.17, 15) is 15.0 Å². The van der Waals surface area contributed by atoms with Crippen molar-refractivity contribution >= 4 is 5.97 Å². The van der Waals surface area contributed by atoms with Gasteiger partial charge in [0, 0.05) is 0 Å². The van der Waals surface area contributed by atoms with E-state index in [-0.39, 0.29) is 5.92 Å². The molecule has 0 saturated heterocycles. The van der Waals surface area contributed by atoms with Gasteiger partial charge in [0.1, 0.15) is 5.92 Å². The zero-order chi connectivity index (χ0) is 13.0. The van der Waals surface area contributed by atoms with Crippen molar-refractivity contribution in [3.63, 3.8) is 0 Å². The number of hydrogen-bond donors (Lipinski definition) is 2. The van der Waals surface area contributed by atoms with Gasteiger partial charge in [-0.3, -0.25) is 4.79 Å². The Labute approximate surface area is 107 Å². The molecule has 3 atom stereocenters. The van der Waals surface area contributed by atoms with Crippen LogP contribution in [0.25, 0.3) is 0 Å². The second-order valence-electron chi connectivity index (χ2n) is 4.76. The minimum atomic E-state index is -0.955. The van der Waals surface area contributed by atoms with Gasteiger partial charge >= 0.3 is 5.97 Å². The molecule has 96 valence electrons. The first kappa shape index (κ1) is 12.8. The monoisotopic (exact) mass is 246 g/mol. The van der Waals surface area contributed by atoms with E-state index in [1.165, 1.54) is 0 Å². The van der Waals surface area contributed by atoms with Crippen molar-refractivity contribution in [2.24, 2.45) is 5.92 Å². The number of rotatable bonds is 4. The summed E-state index contributed by atoms with van der Waals surface area (Å²) >= 11 is 0. The topological polar surface area (TPSA) is 57.5 Å². The quantitative estimate of drug-likeness (QED) is 0.803. The predicted octanol–water partition coefficient (Wildman–Crippen LogP) is 2.57. The third-order valence-electron chi connectivity index (χ3n) is 3.56. The van der Waals surface area contributed by atoms with Crippen molar-refractivity contribution in [3.05, 3.63) is 48.0 Å². The van der Waals surface area contributed by atoms with E-state index >= 15 is 0 Å². The summed E-state index contributed by atoms with van der Waals surface area (Å²) in [6.07, 6.45) is 5.83. The maximum absolute atomic E-state index is 11.4. The Bertz CT molecular complexity index is 425. The van der Waals surface area contributed by atoms with Crippen molar-refractivity contribution in [1.29, 1.82) is 0 Å². The molecule has 1 aliphatic rings. The Hall–Kier alpha value is -1.61. The van der Waals surface area contributed by atoms with Crippen LogP contribution in [0.3, 0.4) is 0 Å². The number of hydrogen-bond acceptors (Lipinski definition) is 2. The zero-order valence-electron chi connectivity index (χ0n) is 10.2. The summed E-state index contributed by atoms with van der Waals surface area (Å²) < 4.78 is 0. The zero-order valence-corrected chi connectivity index (χ0v) is 10.2. The number of aliphatic hydroxyl groups excluding tert-OH is 1. The van der Waals surface area contributed by atoms with Crippen molar-refractivity contribution in [3.8, 4) is 0 Å². The Kier molecular flexibility index (Phi) is 4.15. The Morgan fingerprint density at radius 1 is 1.22 bits per heavy atom. The molecule has 0 spiro atoms. The van der Waals surface area contributed by atoms with Gasteiger partial charge in [-0.1, -0.05) is 42.5 Å². The van der Waals surface area contributed by atoms with Gasteiger partial charge < -0.3 is 10.2 Å². The molecule has 1 aromatic carbocycles. The van der Waals surface area contributed by atoms with E-state index in [4.69, 9.17) is 0 Å². The van der Waals surface area contributed by atoms with E-state index in [2.05, 4.69) is 6.08 Å². The van der Waals surface area contributed by atoms with Crippen molar-refractivity contribution in [1.82, 2.24) is 0 Å². The van der Waals surface area contributed by atoms with Gasteiger partial charge in [-0.15, -0.1) is 0 Å². The van der Waals surface area contributed by atoms with E-state index in [0.29, 0.717) is 5.56 Å². The van der Waals surface area contributed by atoms with Gasteiger partial charge in [-0.05, 0) is 30.7 Å². The van der Waals surface area contributed by atoms with Crippen molar-refractivity contribution in [2.45, 2.75) is 31.3 Å². The number of carboxylic acid groups (broad SMARTS) is 1. The van der Waals surface area contributed by atoms with Crippen molar-refractivity contribution < 1.29 is 15.0 Å². The number of aliphatic carboxylic acids is 1. The summed E-state index contributed by atoms with van der Waals surface area (Å²) in [6.45, 7) is 0. The standard InChI is InChI=1S/C15H18O3/c16-14(12-9-5-2-6-10-12)13(15(17)18)11-7-3-1-4-8-11/h1-5,7-8,12-14,16H,6,9-10H2,(H,17,18)/t12-,13-,14+/m0/s1. The molecule has 0 radical (unpaired) electrons. The smallest absolute Gasteiger partial charge is 0.313 e. The lowest BCUT2D eigenvalue weighted by molar-refractivity contribution is -0.142. The molecule has 2 rings (SSSR count). The normalized spacial score (nSPS) is 22.4. The summed E-state index contributed by atoms with van der Waals surface area (Å²) in [5, 5.41) is 19.7. The van der Waals surface area contributed by atoms with Crippen LogP contribution in [-0.4, -0.2) is 22.3 Å². The molecule has 0 amide bonds. The lowest BCUT2D eigenvalue weighted by Gasteiger charge is -2.28. The van der Waals surface area contributed by atoms with E-state index < -0.39 is 18.0 Å². The molecule has 18 heavy (non-hydrogen) atoms. The lowest BCUT2D eigenvalue weighted by atomic mass is 9.80. The number of carbonyl (C=O) groups is 1. The summed E-state index contributed by atoms with van der Waals surface area (Å²) in [5.74, 6) is -1.75. The van der Waals surface area contributed by atoms with Crippen LogP contribution in [0.2, 0.25) is 0 Å². The highest BCUT2D eigenvalue weighted by Crippen LogP contribution is 2.31. The maximum Gasteiger partial charge on any atom is 0.313 e.